The van der Waals surface area contributed by atoms with Crippen molar-refractivity contribution in [1.82, 2.24) is 4.90 Å². The summed E-state index contributed by atoms with van der Waals surface area (Å²) in [5.74, 6) is -1.01. The number of furan rings is 1. The van der Waals surface area contributed by atoms with Gasteiger partial charge in [0, 0.05) is 12.1 Å². The van der Waals surface area contributed by atoms with Crippen molar-refractivity contribution in [2.24, 2.45) is 0 Å². The van der Waals surface area contributed by atoms with Crippen molar-refractivity contribution in [1.29, 1.82) is 0 Å². The third-order valence-corrected chi connectivity index (χ3v) is 5.83. The first kappa shape index (κ1) is 21.7. The molecule has 8 nitrogen and oxygen atoms in total. The third kappa shape index (κ3) is 4.29. The van der Waals surface area contributed by atoms with Crippen LogP contribution in [-0.4, -0.2) is 37.2 Å². The molecule has 10 heteroatoms. The van der Waals surface area contributed by atoms with Crippen molar-refractivity contribution in [2.45, 2.75) is 32.7 Å². The van der Waals surface area contributed by atoms with E-state index >= 15 is 0 Å². The smallest absolute Gasteiger partial charge is 0.326 e. The number of aryl methyl sites for hydroxylation is 1. The number of amides is 1. The Kier molecular flexibility index (Phi) is 6.37. The first-order valence-electron chi connectivity index (χ1n) is 9.08. The van der Waals surface area contributed by atoms with Gasteiger partial charge in [-0.3, -0.25) is 19.8 Å². The normalized spacial score (nSPS) is 16.3. The Labute approximate surface area is 181 Å². The molecular weight excluding hydrogens is 428 g/mol. The molecule has 2 aromatic rings. The fourth-order valence-electron chi connectivity index (χ4n) is 3.09. The lowest BCUT2D eigenvalue weighted by Gasteiger charge is -2.22. The Morgan fingerprint density at radius 3 is 2.77 bits per heavy atom. The molecule has 0 spiro atoms. The number of nitro groups is 1. The van der Waals surface area contributed by atoms with E-state index < -0.39 is 22.8 Å². The summed E-state index contributed by atoms with van der Waals surface area (Å²) in [6.07, 6.45) is 2.34. The average molecular weight is 447 g/mol. The number of carbonyl (C=O) groups excluding carboxylic acids is 1. The molecule has 1 aliphatic heterocycles. The maximum absolute atomic E-state index is 12.8. The van der Waals surface area contributed by atoms with E-state index in [1.54, 1.807) is 31.2 Å². The number of carboxylic acids is 1. The number of aliphatic carboxylic acids is 1. The molecule has 30 heavy (non-hydrogen) atoms. The lowest BCUT2D eigenvalue weighted by molar-refractivity contribution is -0.384. The second-order valence-electron chi connectivity index (χ2n) is 6.67. The molecule has 1 aromatic heterocycles. The number of thioether (sulfide) groups is 1. The second kappa shape index (κ2) is 8.80. The second-order valence-corrected chi connectivity index (χ2v) is 8.35. The highest BCUT2D eigenvalue weighted by Gasteiger charge is 2.40. The molecule has 0 bridgehead atoms. The van der Waals surface area contributed by atoms with E-state index in [0.29, 0.717) is 17.7 Å². The highest BCUT2D eigenvalue weighted by atomic mass is 32.2. The van der Waals surface area contributed by atoms with Crippen LogP contribution in [-0.2, 0) is 9.59 Å². The molecule has 2 heterocycles. The summed E-state index contributed by atoms with van der Waals surface area (Å²) in [5.41, 5.74) is 0.999. The van der Waals surface area contributed by atoms with Crippen molar-refractivity contribution in [3.8, 4) is 11.3 Å². The number of hydrogen-bond acceptors (Lipinski definition) is 7. The minimum atomic E-state index is -1.11. The van der Waals surface area contributed by atoms with Crippen LogP contribution in [0.5, 0.6) is 0 Å². The lowest BCUT2D eigenvalue weighted by atomic mass is 10.1. The Morgan fingerprint density at radius 1 is 1.40 bits per heavy atom. The molecule has 0 aliphatic carbocycles. The van der Waals surface area contributed by atoms with Crippen LogP contribution in [0.1, 0.15) is 31.1 Å². The Bertz CT molecular complexity index is 1070. The predicted octanol–water partition coefficient (Wildman–Crippen LogP) is 4.62. The Balaban J connectivity index is 1.91. The summed E-state index contributed by atoms with van der Waals surface area (Å²) < 4.78 is 5.89. The number of nitro benzene ring substituents is 1. The quantitative estimate of drug-likeness (QED) is 0.284. The molecule has 1 N–H and O–H groups in total. The number of carbonyl (C=O) groups is 2. The van der Waals surface area contributed by atoms with Gasteiger partial charge in [-0.15, -0.1) is 0 Å². The number of carboxylic acid groups (broad SMARTS) is 1. The predicted molar refractivity (Wildman–Crippen MR) is 117 cm³/mol. The minimum absolute atomic E-state index is 0.0777. The van der Waals surface area contributed by atoms with E-state index in [0.717, 1.165) is 22.2 Å². The topological polar surface area (TPSA) is 114 Å². The molecule has 1 saturated heterocycles. The summed E-state index contributed by atoms with van der Waals surface area (Å²) in [6, 6.07) is 6.97. The largest absolute Gasteiger partial charge is 0.480 e. The third-order valence-electron chi connectivity index (χ3n) is 4.50. The maximum atomic E-state index is 12.8. The molecule has 1 aromatic carbocycles. The SMILES string of the molecule is CCC[C@@H](C(=O)O)N1C(=O)/C(=C/c2ccc(-c3ccc(C)cc3[N+](=O)[O-])o2)SC1=S. The van der Waals surface area contributed by atoms with Crippen LogP contribution in [0.4, 0.5) is 5.69 Å². The van der Waals surface area contributed by atoms with Crippen LogP contribution >= 0.6 is 24.0 Å². The summed E-state index contributed by atoms with van der Waals surface area (Å²) in [7, 11) is 0. The molecule has 156 valence electrons. The zero-order valence-corrected chi connectivity index (χ0v) is 17.8. The van der Waals surface area contributed by atoms with Gasteiger partial charge in [0.15, 0.2) is 0 Å². The first-order valence-corrected chi connectivity index (χ1v) is 10.3. The number of nitrogens with zero attached hydrogens (tertiary/aromatic N) is 2. The van der Waals surface area contributed by atoms with Gasteiger partial charge >= 0.3 is 5.97 Å². The summed E-state index contributed by atoms with van der Waals surface area (Å²) in [6.45, 7) is 3.59. The van der Waals surface area contributed by atoms with Gasteiger partial charge in [0.2, 0.25) is 0 Å². The summed E-state index contributed by atoms with van der Waals surface area (Å²) >= 11 is 6.22. The van der Waals surface area contributed by atoms with Gasteiger partial charge in [-0.05, 0) is 37.1 Å². The number of rotatable bonds is 7. The molecule has 0 unspecified atom stereocenters. The van der Waals surface area contributed by atoms with E-state index in [1.807, 2.05) is 6.92 Å². The fraction of sp³-hybridized carbons (Fsp3) is 0.250. The van der Waals surface area contributed by atoms with E-state index in [-0.39, 0.29) is 27.1 Å². The first-order chi connectivity index (χ1) is 14.2. The number of thiocarbonyl (C=S) groups is 1. The minimum Gasteiger partial charge on any atom is -0.480 e. The van der Waals surface area contributed by atoms with E-state index in [1.165, 1.54) is 12.1 Å². The van der Waals surface area contributed by atoms with Crippen LogP contribution in [0.15, 0.2) is 39.7 Å². The van der Waals surface area contributed by atoms with Crippen LogP contribution in [0, 0.1) is 17.0 Å². The van der Waals surface area contributed by atoms with Crippen LogP contribution < -0.4 is 0 Å². The molecule has 1 aliphatic rings. The Morgan fingerprint density at radius 2 is 2.13 bits per heavy atom. The molecule has 1 amide bonds. The van der Waals surface area contributed by atoms with Crippen LogP contribution in [0.2, 0.25) is 0 Å². The Hall–Kier alpha value is -2.98. The van der Waals surface area contributed by atoms with Crippen molar-refractivity contribution in [2.75, 3.05) is 0 Å². The van der Waals surface area contributed by atoms with Crippen LogP contribution in [0.3, 0.4) is 0 Å². The molecular formula is C20H18N2O6S2. The van der Waals surface area contributed by atoms with Gasteiger partial charge < -0.3 is 9.52 Å². The van der Waals surface area contributed by atoms with Gasteiger partial charge in [0.25, 0.3) is 11.6 Å². The van der Waals surface area contributed by atoms with E-state index in [2.05, 4.69) is 0 Å². The van der Waals surface area contributed by atoms with E-state index in [4.69, 9.17) is 16.6 Å². The number of hydrogen-bond donors (Lipinski definition) is 1. The van der Waals surface area contributed by atoms with E-state index in [9.17, 15) is 24.8 Å². The zero-order chi connectivity index (χ0) is 22.0. The van der Waals surface area contributed by atoms with Crippen molar-refractivity contribution in [3.05, 3.63) is 56.7 Å². The van der Waals surface area contributed by atoms with Crippen molar-refractivity contribution < 1.29 is 24.0 Å². The van der Waals surface area contributed by atoms with Gasteiger partial charge in [-0.25, -0.2) is 4.79 Å². The van der Waals surface area contributed by atoms with Gasteiger partial charge in [0.1, 0.15) is 21.9 Å². The summed E-state index contributed by atoms with van der Waals surface area (Å²) in [4.78, 5) is 36.5. The molecule has 0 saturated carbocycles. The highest BCUT2D eigenvalue weighted by molar-refractivity contribution is 8.26. The number of benzene rings is 1. The van der Waals surface area contributed by atoms with Gasteiger partial charge in [-0.2, -0.15) is 0 Å². The van der Waals surface area contributed by atoms with Gasteiger partial charge in [-0.1, -0.05) is 43.4 Å². The summed E-state index contributed by atoms with van der Waals surface area (Å²) in [5, 5.41) is 20.8. The maximum Gasteiger partial charge on any atom is 0.326 e. The van der Waals surface area contributed by atoms with Gasteiger partial charge in [0.05, 0.1) is 15.4 Å². The average Bonchev–Trinajstić information content (AvgIpc) is 3.25. The standard InChI is InChI=1S/C20H18N2O6S2/c1-3-4-14(19(24)25)21-18(23)17(30-20(21)29)10-12-6-8-16(28-12)13-7-5-11(2)9-15(13)22(26)27/h5-10,14H,3-4H2,1-2H3,(H,24,25)/b17-10-/t14-/m0/s1. The highest BCUT2D eigenvalue weighted by Crippen LogP contribution is 2.37. The van der Waals surface area contributed by atoms with Crippen molar-refractivity contribution in [3.63, 3.8) is 0 Å². The van der Waals surface area contributed by atoms with Crippen LogP contribution in [0.25, 0.3) is 17.4 Å². The molecule has 1 fully saturated rings. The zero-order valence-electron chi connectivity index (χ0n) is 16.2. The van der Waals surface area contributed by atoms with Crippen molar-refractivity contribution >= 4 is 51.9 Å². The fourth-order valence-corrected chi connectivity index (χ4v) is 4.43. The monoisotopic (exact) mass is 446 g/mol. The molecule has 0 radical (unpaired) electrons. The molecule has 3 rings (SSSR count). The lowest BCUT2D eigenvalue weighted by Crippen LogP contribution is -2.43. The molecule has 1 atom stereocenters.